The maximum absolute atomic E-state index is 12.7. The van der Waals surface area contributed by atoms with Crippen LogP contribution in [0.25, 0.3) is 11.3 Å². The van der Waals surface area contributed by atoms with Crippen LogP contribution in [-0.4, -0.2) is 11.4 Å². The van der Waals surface area contributed by atoms with Crippen LogP contribution in [0.2, 0.25) is 5.22 Å². The quantitative estimate of drug-likeness (QED) is 0.578. The summed E-state index contributed by atoms with van der Waals surface area (Å²) < 4.78 is 80.8. The second-order valence-electron chi connectivity index (χ2n) is 4.13. The molecule has 118 valence electrons. The Morgan fingerprint density at radius 3 is 1.91 bits per heavy atom. The SMILES string of the molecule is O=Cc1c(-c2cc(C(F)(F)F)cc(C(F)(F)F)c2)noc1Cl. The topological polar surface area (TPSA) is 43.1 Å². The van der Waals surface area contributed by atoms with Crippen LogP contribution in [0.15, 0.2) is 22.7 Å². The van der Waals surface area contributed by atoms with E-state index in [1.165, 1.54) is 0 Å². The summed E-state index contributed by atoms with van der Waals surface area (Å²) in [4.78, 5) is 10.8. The fourth-order valence-electron chi connectivity index (χ4n) is 1.68. The highest BCUT2D eigenvalue weighted by atomic mass is 35.5. The smallest absolute Gasteiger partial charge is 0.343 e. The van der Waals surface area contributed by atoms with E-state index in [1.54, 1.807) is 0 Å². The monoisotopic (exact) mass is 343 g/mol. The van der Waals surface area contributed by atoms with Gasteiger partial charge in [-0.25, -0.2) is 0 Å². The Hall–Kier alpha value is -2.03. The Morgan fingerprint density at radius 1 is 1.00 bits per heavy atom. The molecule has 0 unspecified atom stereocenters. The summed E-state index contributed by atoms with van der Waals surface area (Å²) in [5, 5.41) is 2.70. The largest absolute Gasteiger partial charge is 0.416 e. The van der Waals surface area contributed by atoms with Gasteiger partial charge in [-0.1, -0.05) is 5.16 Å². The molecule has 0 atom stereocenters. The number of carbonyl (C=O) groups is 1. The molecule has 22 heavy (non-hydrogen) atoms. The molecular formula is C12H4ClF6NO2. The first kappa shape index (κ1) is 16.3. The third-order valence-corrected chi connectivity index (χ3v) is 2.94. The van der Waals surface area contributed by atoms with Crippen LogP contribution in [0.5, 0.6) is 0 Å². The molecule has 0 fully saturated rings. The van der Waals surface area contributed by atoms with Gasteiger partial charge in [-0.05, 0) is 29.8 Å². The molecule has 0 N–H and O–H groups in total. The summed E-state index contributed by atoms with van der Waals surface area (Å²) in [5.41, 5.74) is -4.59. The van der Waals surface area contributed by atoms with E-state index in [4.69, 9.17) is 11.6 Å². The van der Waals surface area contributed by atoms with Crippen LogP contribution in [0.3, 0.4) is 0 Å². The van der Waals surface area contributed by atoms with Crippen molar-refractivity contribution in [3.8, 4) is 11.3 Å². The number of aromatic nitrogens is 1. The third-order valence-electron chi connectivity index (χ3n) is 2.66. The van der Waals surface area contributed by atoms with E-state index in [-0.39, 0.29) is 12.4 Å². The molecule has 0 radical (unpaired) electrons. The van der Waals surface area contributed by atoms with Crippen molar-refractivity contribution in [3.05, 3.63) is 40.1 Å². The van der Waals surface area contributed by atoms with Gasteiger partial charge in [0.05, 0.1) is 11.1 Å². The van der Waals surface area contributed by atoms with E-state index in [0.717, 1.165) is 0 Å². The summed E-state index contributed by atoms with van der Waals surface area (Å²) in [6.07, 6.45) is -9.89. The molecule has 0 saturated carbocycles. The summed E-state index contributed by atoms with van der Waals surface area (Å²) in [7, 11) is 0. The normalized spacial score (nSPS) is 12.5. The average Bonchev–Trinajstić information content (AvgIpc) is 2.77. The Bertz CT molecular complexity index is 687. The lowest BCUT2D eigenvalue weighted by atomic mass is 10.0. The minimum absolute atomic E-state index is 0.0359. The molecule has 1 heterocycles. The number of hydrogen-bond acceptors (Lipinski definition) is 3. The van der Waals surface area contributed by atoms with Gasteiger partial charge < -0.3 is 4.52 Å². The van der Waals surface area contributed by atoms with Crippen LogP contribution < -0.4 is 0 Å². The lowest BCUT2D eigenvalue weighted by Crippen LogP contribution is -2.11. The number of hydrogen-bond donors (Lipinski definition) is 0. The fourth-order valence-corrected chi connectivity index (χ4v) is 1.85. The maximum Gasteiger partial charge on any atom is 0.416 e. The summed E-state index contributed by atoms with van der Waals surface area (Å²) in [5.74, 6) is 0. The van der Waals surface area contributed by atoms with E-state index in [2.05, 4.69) is 9.68 Å². The van der Waals surface area contributed by atoms with Gasteiger partial charge in [0, 0.05) is 5.56 Å². The van der Waals surface area contributed by atoms with Crippen LogP contribution in [-0.2, 0) is 12.4 Å². The zero-order valence-electron chi connectivity index (χ0n) is 10.2. The zero-order valence-corrected chi connectivity index (χ0v) is 11.0. The molecule has 0 aliphatic carbocycles. The molecule has 0 spiro atoms. The Labute approximate surface area is 123 Å². The van der Waals surface area contributed by atoms with Crippen molar-refractivity contribution in [1.82, 2.24) is 5.16 Å². The van der Waals surface area contributed by atoms with Crippen LogP contribution in [0, 0.1) is 0 Å². The molecule has 3 nitrogen and oxygen atoms in total. The van der Waals surface area contributed by atoms with Gasteiger partial charge in [-0.15, -0.1) is 0 Å². The molecule has 2 aromatic rings. The van der Waals surface area contributed by atoms with E-state index < -0.39 is 45.5 Å². The molecule has 0 saturated heterocycles. The van der Waals surface area contributed by atoms with Crippen LogP contribution in [0.4, 0.5) is 26.3 Å². The van der Waals surface area contributed by atoms with E-state index >= 15 is 0 Å². The number of nitrogens with zero attached hydrogens (tertiary/aromatic N) is 1. The van der Waals surface area contributed by atoms with Crippen molar-refractivity contribution in [3.63, 3.8) is 0 Å². The maximum atomic E-state index is 12.7. The number of halogens is 7. The van der Waals surface area contributed by atoms with Crippen molar-refractivity contribution < 1.29 is 35.7 Å². The summed E-state index contributed by atoms with van der Waals surface area (Å²) in [6, 6.07) is 0.818. The molecule has 10 heteroatoms. The first-order valence-corrected chi connectivity index (χ1v) is 5.82. The van der Waals surface area contributed by atoms with Crippen molar-refractivity contribution in [2.75, 3.05) is 0 Å². The fraction of sp³-hybridized carbons (Fsp3) is 0.167. The molecule has 0 aliphatic rings. The first-order valence-electron chi connectivity index (χ1n) is 5.44. The molecule has 1 aromatic heterocycles. The molecule has 0 aliphatic heterocycles. The number of alkyl halides is 6. The van der Waals surface area contributed by atoms with Gasteiger partial charge in [-0.3, -0.25) is 4.79 Å². The number of carbonyl (C=O) groups excluding carboxylic acids is 1. The minimum Gasteiger partial charge on any atom is -0.343 e. The third kappa shape index (κ3) is 3.08. The van der Waals surface area contributed by atoms with Gasteiger partial charge in [0.2, 0.25) is 5.22 Å². The summed E-state index contributed by atoms with van der Waals surface area (Å²) in [6.45, 7) is 0. The Kier molecular flexibility index (Phi) is 3.94. The van der Waals surface area contributed by atoms with Gasteiger partial charge in [0.25, 0.3) is 0 Å². The van der Waals surface area contributed by atoms with Crippen molar-refractivity contribution in [2.45, 2.75) is 12.4 Å². The number of rotatable bonds is 2. The minimum atomic E-state index is -5.01. The lowest BCUT2D eigenvalue weighted by Gasteiger charge is -2.13. The Morgan fingerprint density at radius 2 is 1.50 bits per heavy atom. The van der Waals surface area contributed by atoms with Gasteiger partial charge in [-0.2, -0.15) is 26.3 Å². The predicted molar refractivity (Wildman–Crippen MR) is 62.3 cm³/mol. The van der Waals surface area contributed by atoms with Crippen LogP contribution in [0.1, 0.15) is 21.5 Å². The van der Waals surface area contributed by atoms with Crippen molar-refractivity contribution >= 4 is 17.9 Å². The number of benzene rings is 1. The van der Waals surface area contributed by atoms with E-state index in [9.17, 15) is 31.1 Å². The first-order chi connectivity index (χ1) is 10.0. The van der Waals surface area contributed by atoms with Gasteiger partial charge in [0.15, 0.2) is 6.29 Å². The molecule has 1 aromatic carbocycles. The summed E-state index contributed by atoms with van der Waals surface area (Å²) >= 11 is 5.45. The number of aldehydes is 1. The molecule has 0 bridgehead atoms. The van der Waals surface area contributed by atoms with Crippen molar-refractivity contribution in [1.29, 1.82) is 0 Å². The Balaban J connectivity index is 2.73. The molecular weight excluding hydrogens is 340 g/mol. The van der Waals surface area contributed by atoms with Gasteiger partial charge in [0.1, 0.15) is 11.3 Å². The highest BCUT2D eigenvalue weighted by molar-refractivity contribution is 6.31. The average molecular weight is 344 g/mol. The second kappa shape index (κ2) is 5.31. The molecule has 2 rings (SSSR count). The van der Waals surface area contributed by atoms with Crippen LogP contribution >= 0.6 is 11.6 Å². The second-order valence-corrected chi connectivity index (χ2v) is 4.47. The van der Waals surface area contributed by atoms with E-state index in [1.807, 2.05) is 0 Å². The molecule has 0 amide bonds. The van der Waals surface area contributed by atoms with E-state index in [0.29, 0.717) is 12.1 Å². The lowest BCUT2D eigenvalue weighted by molar-refractivity contribution is -0.143. The predicted octanol–water partition coefficient (Wildman–Crippen LogP) is 4.85. The zero-order chi connectivity index (χ0) is 16.7. The standard InChI is InChI=1S/C12H4ClF6NO2/c13-10-8(4-21)9(20-22-10)5-1-6(11(14,15)16)3-7(2-5)12(17,18)19/h1-4H. The highest BCUT2D eigenvalue weighted by Crippen LogP contribution is 2.39. The van der Waals surface area contributed by atoms with Gasteiger partial charge >= 0.3 is 12.4 Å². The van der Waals surface area contributed by atoms with Crippen molar-refractivity contribution in [2.24, 2.45) is 0 Å². The highest BCUT2D eigenvalue weighted by Gasteiger charge is 2.37.